The van der Waals surface area contributed by atoms with Gasteiger partial charge in [-0.3, -0.25) is 9.36 Å². The fourth-order valence-corrected chi connectivity index (χ4v) is 2.98. The van der Waals surface area contributed by atoms with Crippen molar-refractivity contribution in [2.45, 2.75) is 45.3 Å². The lowest BCUT2D eigenvalue weighted by Crippen LogP contribution is -2.34. The Balaban J connectivity index is 1.65. The zero-order chi connectivity index (χ0) is 16.2. The summed E-state index contributed by atoms with van der Waals surface area (Å²) >= 11 is 0. The Labute approximate surface area is 134 Å². The average molecular weight is 318 g/mol. The van der Waals surface area contributed by atoms with Crippen LogP contribution in [0.2, 0.25) is 0 Å². The number of nitrogens with one attached hydrogen (secondary N) is 2. The number of aromatic nitrogens is 4. The molecule has 0 aromatic carbocycles. The van der Waals surface area contributed by atoms with Crippen molar-refractivity contribution < 1.29 is 9.90 Å². The van der Waals surface area contributed by atoms with E-state index in [-0.39, 0.29) is 18.7 Å². The Morgan fingerprint density at radius 2 is 2.30 bits per heavy atom. The standard InChI is InChI=1S/C15H22N6O2/c1-2-20-10-11(8-16-20)18-15(23)19-13-4-3-5-14-12(13)9-17-21(14)6-7-22/h8-10,13,22H,2-7H2,1H3,(H2,18,19,23). The summed E-state index contributed by atoms with van der Waals surface area (Å²) in [6.45, 7) is 3.31. The summed E-state index contributed by atoms with van der Waals surface area (Å²) in [7, 11) is 0. The summed E-state index contributed by atoms with van der Waals surface area (Å²) in [6.07, 6.45) is 8.03. The average Bonchev–Trinajstić information content (AvgIpc) is 3.15. The number of carbonyl (C=O) groups excluding carboxylic acids is 1. The van der Waals surface area contributed by atoms with Gasteiger partial charge >= 0.3 is 6.03 Å². The van der Waals surface area contributed by atoms with Crippen LogP contribution in [0, 0.1) is 0 Å². The van der Waals surface area contributed by atoms with Gasteiger partial charge in [0.2, 0.25) is 0 Å². The molecule has 0 radical (unpaired) electrons. The van der Waals surface area contributed by atoms with E-state index in [0.29, 0.717) is 12.2 Å². The smallest absolute Gasteiger partial charge is 0.319 e. The van der Waals surface area contributed by atoms with Gasteiger partial charge in [0.25, 0.3) is 0 Å². The second-order valence-corrected chi connectivity index (χ2v) is 5.62. The number of nitrogens with zero attached hydrogens (tertiary/aromatic N) is 4. The monoisotopic (exact) mass is 318 g/mol. The Hall–Kier alpha value is -2.35. The normalized spacial score (nSPS) is 16.9. The highest BCUT2D eigenvalue weighted by molar-refractivity contribution is 5.89. The van der Waals surface area contributed by atoms with Gasteiger partial charge in [-0.1, -0.05) is 0 Å². The number of aryl methyl sites for hydroxylation is 1. The van der Waals surface area contributed by atoms with E-state index >= 15 is 0 Å². The second-order valence-electron chi connectivity index (χ2n) is 5.62. The fraction of sp³-hybridized carbons (Fsp3) is 0.533. The van der Waals surface area contributed by atoms with Gasteiger partial charge in [0.05, 0.1) is 37.3 Å². The van der Waals surface area contributed by atoms with Crippen molar-refractivity contribution in [2.24, 2.45) is 0 Å². The van der Waals surface area contributed by atoms with Gasteiger partial charge in [-0.15, -0.1) is 0 Å². The Bertz CT molecular complexity index is 677. The van der Waals surface area contributed by atoms with E-state index in [1.807, 2.05) is 11.6 Å². The third kappa shape index (κ3) is 3.37. The molecule has 2 aromatic heterocycles. The van der Waals surface area contributed by atoms with Crippen LogP contribution in [-0.2, 0) is 19.5 Å². The summed E-state index contributed by atoms with van der Waals surface area (Å²) in [5.74, 6) is 0. The van der Waals surface area contributed by atoms with Crippen LogP contribution in [0.25, 0.3) is 0 Å². The Kier molecular flexibility index (Phi) is 4.61. The second kappa shape index (κ2) is 6.82. The van der Waals surface area contributed by atoms with Crippen LogP contribution >= 0.6 is 0 Å². The molecule has 2 amide bonds. The molecule has 0 bridgehead atoms. The van der Waals surface area contributed by atoms with E-state index in [2.05, 4.69) is 20.8 Å². The molecule has 23 heavy (non-hydrogen) atoms. The lowest BCUT2D eigenvalue weighted by molar-refractivity contribution is 0.246. The molecule has 3 rings (SSSR count). The highest BCUT2D eigenvalue weighted by atomic mass is 16.3. The molecule has 0 saturated heterocycles. The maximum absolute atomic E-state index is 12.2. The van der Waals surface area contributed by atoms with Gasteiger partial charge in [-0.2, -0.15) is 10.2 Å². The number of carbonyl (C=O) groups is 1. The molecule has 8 heteroatoms. The number of urea groups is 1. The molecule has 8 nitrogen and oxygen atoms in total. The summed E-state index contributed by atoms with van der Waals surface area (Å²) in [5, 5.41) is 23.3. The molecule has 0 saturated carbocycles. The molecule has 2 heterocycles. The minimum absolute atomic E-state index is 0.0487. The topological polar surface area (TPSA) is 97.0 Å². The third-order valence-electron chi connectivity index (χ3n) is 4.10. The summed E-state index contributed by atoms with van der Waals surface area (Å²) in [5.41, 5.74) is 2.83. The van der Waals surface area contributed by atoms with Crippen molar-refractivity contribution in [2.75, 3.05) is 11.9 Å². The van der Waals surface area contributed by atoms with Crippen LogP contribution < -0.4 is 10.6 Å². The van der Waals surface area contributed by atoms with Crippen molar-refractivity contribution in [3.05, 3.63) is 29.8 Å². The van der Waals surface area contributed by atoms with Gasteiger partial charge in [-0.25, -0.2) is 4.79 Å². The van der Waals surface area contributed by atoms with Crippen molar-refractivity contribution in [3.8, 4) is 0 Å². The third-order valence-corrected chi connectivity index (χ3v) is 4.10. The number of anilines is 1. The molecule has 124 valence electrons. The van der Waals surface area contributed by atoms with E-state index in [1.54, 1.807) is 23.3 Å². The Morgan fingerprint density at radius 3 is 3.04 bits per heavy atom. The van der Waals surface area contributed by atoms with Gasteiger partial charge in [0.1, 0.15) is 0 Å². The predicted molar refractivity (Wildman–Crippen MR) is 85.0 cm³/mol. The molecular weight excluding hydrogens is 296 g/mol. The van der Waals surface area contributed by atoms with E-state index in [1.165, 1.54) is 0 Å². The SMILES string of the molecule is CCn1cc(NC(=O)NC2CCCc3c2cnn3CCO)cn1. The number of fused-ring (bicyclic) bond motifs is 1. The molecule has 3 N–H and O–H groups in total. The number of aliphatic hydroxyl groups is 1. The first-order valence-electron chi connectivity index (χ1n) is 7.96. The molecule has 1 unspecified atom stereocenters. The van der Waals surface area contributed by atoms with E-state index in [0.717, 1.165) is 37.1 Å². The molecular formula is C15H22N6O2. The lowest BCUT2D eigenvalue weighted by atomic mass is 9.93. The number of aliphatic hydroxyl groups excluding tert-OH is 1. The first-order valence-corrected chi connectivity index (χ1v) is 7.96. The maximum atomic E-state index is 12.2. The van der Waals surface area contributed by atoms with Crippen LogP contribution in [0.4, 0.5) is 10.5 Å². The summed E-state index contributed by atoms with van der Waals surface area (Å²) in [6, 6.07) is -0.291. The van der Waals surface area contributed by atoms with Crippen LogP contribution in [0.15, 0.2) is 18.6 Å². The lowest BCUT2D eigenvalue weighted by Gasteiger charge is -2.24. The number of rotatable bonds is 5. The fourth-order valence-electron chi connectivity index (χ4n) is 2.98. The molecule has 0 fully saturated rings. The highest BCUT2D eigenvalue weighted by Gasteiger charge is 2.25. The highest BCUT2D eigenvalue weighted by Crippen LogP contribution is 2.29. The zero-order valence-corrected chi connectivity index (χ0v) is 13.2. The minimum atomic E-state index is -0.242. The van der Waals surface area contributed by atoms with Crippen LogP contribution in [0.1, 0.15) is 37.1 Å². The van der Waals surface area contributed by atoms with E-state index < -0.39 is 0 Å². The molecule has 0 aliphatic heterocycles. The molecule has 2 aromatic rings. The van der Waals surface area contributed by atoms with Crippen LogP contribution in [-0.4, -0.2) is 37.3 Å². The van der Waals surface area contributed by atoms with Crippen molar-refractivity contribution in [1.82, 2.24) is 24.9 Å². The van der Waals surface area contributed by atoms with Gasteiger partial charge < -0.3 is 15.7 Å². The molecule has 1 aliphatic carbocycles. The minimum Gasteiger partial charge on any atom is -0.394 e. The van der Waals surface area contributed by atoms with Crippen LogP contribution in [0.3, 0.4) is 0 Å². The van der Waals surface area contributed by atoms with Crippen LogP contribution in [0.5, 0.6) is 0 Å². The van der Waals surface area contributed by atoms with E-state index in [4.69, 9.17) is 5.11 Å². The predicted octanol–water partition coefficient (Wildman–Crippen LogP) is 1.29. The van der Waals surface area contributed by atoms with E-state index in [9.17, 15) is 4.79 Å². The first kappa shape index (κ1) is 15.5. The van der Waals surface area contributed by atoms with Crippen molar-refractivity contribution in [3.63, 3.8) is 0 Å². The van der Waals surface area contributed by atoms with Crippen molar-refractivity contribution >= 4 is 11.7 Å². The maximum Gasteiger partial charge on any atom is 0.319 e. The molecule has 1 aliphatic rings. The van der Waals surface area contributed by atoms with Gasteiger partial charge in [0.15, 0.2) is 0 Å². The number of amides is 2. The van der Waals surface area contributed by atoms with Gasteiger partial charge in [-0.05, 0) is 26.2 Å². The number of hydrogen-bond donors (Lipinski definition) is 3. The quantitative estimate of drug-likeness (QED) is 0.774. The zero-order valence-electron chi connectivity index (χ0n) is 13.2. The Morgan fingerprint density at radius 1 is 1.43 bits per heavy atom. The van der Waals surface area contributed by atoms with Crippen molar-refractivity contribution in [1.29, 1.82) is 0 Å². The molecule has 0 spiro atoms. The van der Waals surface area contributed by atoms with Gasteiger partial charge in [0, 0.05) is 24.0 Å². The summed E-state index contributed by atoms with van der Waals surface area (Å²) < 4.78 is 3.58. The first-order chi connectivity index (χ1) is 11.2. The largest absolute Gasteiger partial charge is 0.394 e. The molecule has 1 atom stereocenters. The summed E-state index contributed by atoms with van der Waals surface area (Å²) in [4.78, 5) is 12.2. The number of hydrogen-bond acceptors (Lipinski definition) is 4.